The van der Waals surface area contributed by atoms with Crippen molar-refractivity contribution in [3.05, 3.63) is 0 Å². The van der Waals surface area contributed by atoms with Gasteiger partial charge in [0.05, 0.1) is 18.9 Å². The third-order valence-electron chi connectivity index (χ3n) is 4.72. The Morgan fingerprint density at radius 3 is 2.00 bits per heavy atom. The van der Waals surface area contributed by atoms with Gasteiger partial charge in [-0.15, -0.1) is 0 Å². The van der Waals surface area contributed by atoms with Gasteiger partial charge in [0.2, 0.25) is 0 Å². The number of hydrogen-bond donors (Lipinski definition) is 0. The van der Waals surface area contributed by atoms with Gasteiger partial charge in [-0.05, 0) is 65.7 Å². The van der Waals surface area contributed by atoms with Gasteiger partial charge in [0.15, 0.2) is 0 Å². The van der Waals surface area contributed by atoms with E-state index < -0.39 is 16.1 Å². The first-order valence-corrected chi connectivity index (χ1v) is 12.7. The molecular formula is C18H39NO5P2. The summed E-state index contributed by atoms with van der Waals surface area (Å²) in [7, 11) is -1.05. The average molecular weight is 411 g/mol. The highest BCUT2D eigenvalue weighted by molar-refractivity contribution is 7.53. The molecule has 0 saturated heterocycles. The van der Waals surface area contributed by atoms with Crippen molar-refractivity contribution < 1.29 is 22.7 Å². The van der Waals surface area contributed by atoms with E-state index in [2.05, 4.69) is 39.3 Å². The summed E-state index contributed by atoms with van der Waals surface area (Å²) in [6, 6.07) is 0.757. The lowest BCUT2D eigenvalue weighted by Crippen LogP contribution is -2.35. The summed E-state index contributed by atoms with van der Waals surface area (Å²) in [6.07, 6.45) is 5.61. The normalized spacial score (nSPS) is 23.2. The Morgan fingerprint density at radius 2 is 1.58 bits per heavy atom. The Labute approximate surface area is 161 Å². The summed E-state index contributed by atoms with van der Waals surface area (Å²) >= 11 is 0. The predicted octanol–water partition coefficient (Wildman–Crippen LogP) is 5.82. The third kappa shape index (κ3) is 7.83. The molecule has 0 heterocycles. The highest BCUT2D eigenvalue weighted by atomic mass is 31.2. The molecule has 0 N–H and O–H groups in total. The minimum absolute atomic E-state index is 0.207. The van der Waals surface area contributed by atoms with Crippen LogP contribution in [0.3, 0.4) is 0 Å². The van der Waals surface area contributed by atoms with E-state index in [1.54, 1.807) is 0 Å². The largest absolute Gasteiger partial charge is 0.330 e. The average Bonchev–Trinajstić information content (AvgIpc) is 2.60. The van der Waals surface area contributed by atoms with E-state index in [1.807, 2.05) is 0 Å². The van der Waals surface area contributed by atoms with Crippen LogP contribution >= 0.6 is 16.1 Å². The lowest BCUT2D eigenvalue weighted by atomic mass is 9.89. The Balaban J connectivity index is 2.61. The van der Waals surface area contributed by atoms with Crippen LogP contribution in [0.4, 0.5) is 0 Å². The van der Waals surface area contributed by atoms with E-state index in [1.165, 1.54) is 14.2 Å². The third-order valence-corrected chi connectivity index (χ3v) is 8.98. The minimum atomic E-state index is -2.92. The quantitative estimate of drug-likeness (QED) is 0.377. The molecule has 0 spiro atoms. The molecule has 1 fully saturated rings. The van der Waals surface area contributed by atoms with E-state index >= 15 is 0 Å². The zero-order valence-electron chi connectivity index (χ0n) is 17.6. The highest BCUT2D eigenvalue weighted by Crippen LogP contribution is 2.52. The molecule has 1 aliphatic carbocycles. The van der Waals surface area contributed by atoms with E-state index in [4.69, 9.17) is 18.1 Å². The van der Waals surface area contributed by atoms with Gasteiger partial charge in [0.25, 0.3) is 8.53 Å². The topological polar surface area (TPSA) is 57.2 Å². The maximum absolute atomic E-state index is 12.3. The number of nitrogens with zero attached hydrogens (tertiary/aromatic N) is 1. The fourth-order valence-electron chi connectivity index (χ4n) is 3.38. The van der Waals surface area contributed by atoms with Crippen LogP contribution in [-0.4, -0.2) is 49.8 Å². The van der Waals surface area contributed by atoms with Crippen molar-refractivity contribution in [1.29, 1.82) is 0 Å². The fourth-order valence-corrected chi connectivity index (χ4v) is 6.69. The Hall–Kier alpha value is 0.460. The zero-order chi connectivity index (χ0) is 19.7. The monoisotopic (exact) mass is 411 g/mol. The summed E-state index contributed by atoms with van der Waals surface area (Å²) in [6.45, 7) is 11.6. The molecular weight excluding hydrogens is 372 g/mol. The molecule has 1 rings (SSSR count). The molecule has 156 valence electrons. The molecule has 1 aliphatic rings. The van der Waals surface area contributed by atoms with Crippen molar-refractivity contribution in [1.82, 2.24) is 4.67 Å². The van der Waals surface area contributed by atoms with Gasteiger partial charge in [-0.3, -0.25) is 4.57 Å². The molecule has 0 aromatic rings. The standard InChI is InChI=1S/C18H39NO5P2/c1-8-13-23-25(19(15(2)3)16(4)5)24-18-11-9-17(10-12-18)14-26(20,21-6)22-7/h15-18H,8-14H2,1-7H3. The predicted molar refractivity (Wildman–Crippen MR) is 109 cm³/mol. The molecule has 0 amide bonds. The molecule has 8 heteroatoms. The van der Waals surface area contributed by atoms with E-state index in [0.717, 1.165) is 38.7 Å². The summed E-state index contributed by atoms with van der Waals surface area (Å²) in [5.74, 6) is 0.370. The van der Waals surface area contributed by atoms with E-state index in [0.29, 0.717) is 24.2 Å². The molecule has 1 unspecified atom stereocenters. The van der Waals surface area contributed by atoms with Gasteiger partial charge in [-0.1, -0.05) is 6.92 Å². The second kappa shape index (κ2) is 12.1. The molecule has 1 saturated carbocycles. The van der Waals surface area contributed by atoms with Crippen LogP contribution in [0.25, 0.3) is 0 Å². The second-order valence-corrected chi connectivity index (χ2v) is 11.3. The van der Waals surface area contributed by atoms with Crippen molar-refractivity contribution in [3.8, 4) is 0 Å². The van der Waals surface area contributed by atoms with Crippen LogP contribution in [0.5, 0.6) is 0 Å². The smallest absolute Gasteiger partial charge is 0.322 e. The van der Waals surface area contributed by atoms with Crippen molar-refractivity contribution in [2.24, 2.45) is 5.92 Å². The van der Waals surface area contributed by atoms with Crippen molar-refractivity contribution in [3.63, 3.8) is 0 Å². The SMILES string of the molecule is CCCOP(OC1CCC(CP(=O)(OC)OC)CC1)N(C(C)C)C(C)C. The first kappa shape index (κ1) is 24.5. The molecule has 0 aromatic carbocycles. The van der Waals surface area contributed by atoms with E-state index in [9.17, 15) is 4.57 Å². The maximum atomic E-state index is 12.3. The summed E-state index contributed by atoms with van der Waals surface area (Å²) in [5, 5.41) is 0. The van der Waals surface area contributed by atoms with Crippen LogP contribution in [-0.2, 0) is 22.7 Å². The van der Waals surface area contributed by atoms with Crippen LogP contribution in [0.2, 0.25) is 0 Å². The zero-order valence-corrected chi connectivity index (χ0v) is 19.4. The number of hydrogen-bond acceptors (Lipinski definition) is 6. The molecule has 1 atom stereocenters. The molecule has 0 aliphatic heterocycles. The first-order chi connectivity index (χ1) is 12.3. The van der Waals surface area contributed by atoms with Crippen LogP contribution in [0, 0.1) is 5.92 Å². The second-order valence-electron chi connectivity index (χ2n) is 7.55. The molecule has 0 bridgehead atoms. The molecule has 26 heavy (non-hydrogen) atoms. The highest BCUT2D eigenvalue weighted by Gasteiger charge is 2.34. The lowest BCUT2D eigenvalue weighted by molar-refractivity contribution is 0.0952. The summed E-state index contributed by atoms with van der Waals surface area (Å²) in [5.41, 5.74) is 0. The van der Waals surface area contributed by atoms with Gasteiger partial charge in [-0.25, -0.2) is 4.67 Å². The molecule has 6 nitrogen and oxygen atoms in total. The summed E-state index contributed by atoms with van der Waals surface area (Å²) in [4.78, 5) is 0. The molecule has 0 radical (unpaired) electrons. The van der Waals surface area contributed by atoms with Crippen molar-refractivity contribution in [2.75, 3.05) is 27.0 Å². The van der Waals surface area contributed by atoms with Crippen LogP contribution < -0.4 is 0 Å². The Kier molecular flexibility index (Phi) is 11.4. The van der Waals surface area contributed by atoms with Crippen LogP contribution in [0.15, 0.2) is 0 Å². The number of rotatable bonds is 12. The van der Waals surface area contributed by atoms with E-state index in [-0.39, 0.29) is 6.10 Å². The maximum Gasteiger partial charge on any atom is 0.330 e. The molecule has 0 aromatic heterocycles. The van der Waals surface area contributed by atoms with Gasteiger partial charge < -0.3 is 18.1 Å². The van der Waals surface area contributed by atoms with Crippen LogP contribution in [0.1, 0.15) is 66.7 Å². The van der Waals surface area contributed by atoms with Gasteiger partial charge in [0, 0.05) is 26.3 Å². The fraction of sp³-hybridized carbons (Fsp3) is 1.00. The van der Waals surface area contributed by atoms with Gasteiger partial charge >= 0.3 is 7.60 Å². The Morgan fingerprint density at radius 1 is 1.04 bits per heavy atom. The summed E-state index contributed by atoms with van der Waals surface area (Å²) < 4.78 is 37.4. The van der Waals surface area contributed by atoms with Gasteiger partial charge in [0.1, 0.15) is 0 Å². The Bertz CT molecular complexity index is 412. The first-order valence-electron chi connectivity index (χ1n) is 9.84. The minimum Gasteiger partial charge on any atom is -0.322 e. The van der Waals surface area contributed by atoms with Crippen molar-refractivity contribution in [2.45, 2.75) is 84.9 Å². The van der Waals surface area contributed by atoms with Gasteiger partial charge in [-0.2, -0.15) is 0 Å². The van der Waals surface area contributed by atoms with Crippen molar-refractivity contribution >= 4 is 16.1 Å². The lowest BCUT2D eigenvalue weighted by Gasteiger charge is -2.39.